The Kier molecular flexibility index (Phi) is 10.9. The van der Waals surface area contributed by atoms with Crippen LogP contribution in [0, 0.1) is 5.92 Å². The maximum Gasteiger partial charge on any atom is 0.338 e. The van der Waals surface area contributed by atoms with Crippen LogP contribution in [-0.4, -0.2) is 53.6 Å². The van der Waals surface area contributed by atoms with Gasteiger partial charge in [-0.05, 0) is 120 Å². The van der Waals surface area contributed by atoms with Gasteiger partial charge < -0.3 is 19.5 Å². The first kappa shape index (κ1) is 33.9. The highest BCUT2D eigenvalue weighted by Gasteiger charge is 2.22. The molecule has 0 bridgehead atoms. The first-order valence-corrected chi connectivity index (χ1v) is 17.5. The highest BCUT2D eigenvalue weighted by Crippen LogP contribution is 2.38. The summed E-state index contributed by atoms with van der Waals surface area (Å²) >= 11 is 17.8. The number of carbonyl (C=O) groups excluding carboxylic acids is 2. The van der Waals surface area contributed by atoms with Crippen molar-refractivity contribution in [3.63, 3.8) is 0 Å². The van der Waals surface area contributed by atoms with Crippen LogP contribution >= 0.6 is 50.9 Å². The molecule has 0 unspecified atom stereocenters. The number of benzene rings is 3. The Labute approximate surface area is 287 Å². The van der Waals surface area contributed by atoms with Gasteiger partial charge in [0.25, 0.3) is 5.91 Å². The van der Waals surface area contributed by atoms with Crippen molar-refractivity contribution in [2.24, 2.45) is 5.92 Å². The Morgan fingerprint density at radius 2 is 1.69 bits per heavy atom. The fraction of sp³-hybridized carbons (Fsp3) is 0.371. The molecule has 238 valence electrons. The number of hydrogen-bond donors (Lipinski definition) is 1. The van der Waals surface area contributed by atoms with Gasteiger partial charge in [-0.3, -0.25) is 4.79 Å². The third-order valence-corrected chi connectivity index (χ3v) is 10.3. The third-order valence-electron chi connectivity index (χ3n) is 7.91. The summed E-state index contributed by atoms with van der Waals surface area (Å²) in [6.07, 6.45) is 3.30. The number of nitrogens with zero attached hydrogens (tertiary/aromatic N) is 2. The molecular weight excluding hydrogens is 693 g/mol. The summed E-state index contributed by atoms with van der Waals surface area (Å²) in [6, 6.07) is 19.0. The van der Waals surface area contributed by atoms with E-state index in [4.69, 9.17) is 27.9 Å². The summed E-state index contributed by atoms with van der Waals surface area (Å²) in [6.45, 7) is 8.85. The maximum atomic E-state index is 13.7. The molecule has 1 aromatic heterocycles. The Bertz CT molecular complexity index is 1690. The van der Waals surface area contributed by atoms with Crippen LogP contribution in [0.25, 0.3) is 10.9 Å². The molecule has 5 rings (SSSR count). The number of esters is 1. The van der Waals surface area contributed by atoms with E-state index in [-0.39, 0.29) is 11.9 Å². The highest BCUT2D eigenvalue weighted by atomic mass is 79.9. The lowest BCUT2D eigenvalue weighted by Crippen LogP contribution is -2.33. The van der Waals surface area contributed by atoms with E-state index in [1.54, 1.807) is 30.0 Å². The normalized spacial score (nSPS) is 14.6. The number of carbonyl (C=O) groups is 2. The van der Waals surface area contributed by atoms with E-state index in [1.807, 2.05) is 55.7 Å². The minimum absolute atomic E-state index is 0.102. The van der Waals surface area contributed by atoms with Crippen LogP contribution in [0.5, 0.6) is 0 Å². The molecule has 1 aliphatic rings. The highest BCUT2D eigenvalue weighted by molar-refractivity contribution is 9.10. The summed E-state index contributed by atoms with van der Waals surface area (Å²) in [5.74, 6) is 0.166. The number of ether oxygens (including phenoxy) is 1. The zero-order chi connectivity index (χ0) is 32.3. The van der Waals surface area contributed by atoms with Crippen molar-refractivity contribution in [2.45, 2.75) is 62.0 Å². The standard InChI is InChI=1S/C35H38BrCl2N3O3S/c1-35(2,3)44-34(43)24-7-5-23(6-8-24)21-41-31-19-26(45-25-9-10-29(37)30(38)18-25)17-28(36)27(31)20-32(41)33(42)39-14-11-22-12-15-40(4)16-13-22/h5-10,17-20,22H,11-16,21H2,1-4H3,(H,39,42). The van der Waals surface area contributed by atoms with E-state index >= 15 is 0 Å². The smallest absolute Gasteiger partial charge is 0.338 e. The predicted molar refractivity (Wildman–Crippen MR) is 188 cm³/mol. The van der Waals surface area contributed by atoms with Gasteiger partial charge in [-0.2, -0.15) is 0 Å². The number of rotatable bonds is 9. The Hall–Kier alpha value is -2.49. The Morgan fingerprint density at radius 1 is 0.978 bits per heavy atom. The summed E-state index contributed by atoms with van der Waals surface area (Å²) in [5, 5.41) is 5.15. The molecule has 1 saturated heterocycles. The maximum absolute atomic E-state index is 13.7. The largest absolute Gasteiger partial charge is 0.456 e. The molecule has 0 spiro atoms. The Balaban J connectivity index is 1.44. The average molecular weight is 732 g/mol. The van der Waals surface area contributed by atoms with Crippen molar-refractivity contribution >= 4 is 73.7 Å². The van der Waals surface area contributed by atoms with Crippen LogP contribution in [0.2, 0.25) is 10.0 Å². The predicted octanol–water partition coefficient (Wildman–Crippen LogP) is 9.33. The zero-order valence-electron chi connectivity index (χ0n) is 26.0. The summed E-state index contributed by atoms with van der Waals surface area (Å²) in [5.41, 5.74) is 2.38. The van der Waals surface area contributed by atoms with Gasteiger partial charge in [0, 0.05) is 32.7 Å². The first-order chi connectivity index (χ1) is 21.4. The van der Waals surface area contributed by atoms with E-state index < -0.39 is 5.60 Å². The number of halogens is 3. The molecule has 4 aromatic rings. The van der Waals surface area contributed by atoms with Crippen LogP contribution < -0.4 is 5.32 Å². The van der Waals surface area contributed by atoms with Crippen molar-refractivity contribution in [1.82, 2.24) is 14.8 Å². The molecule has 3 aromatic carbocycles. The topological polar surface area (TPSA) is 63.6 Å². The molecular formula is C35H38BrCl2N3O3S. The number of amides is 1. The minimum atomic E-state index is -0.574. The van der Waals surface area contributed by atoms with Crippen molar-refractivity contribution in [3.05, 3.63) is 92.0 Å². The van der Waals surface area contributed by atoms with Gasteiger partial charge in [0.1, 0.15) is 11.3 Å². The molecule has 10 heteroatoms. The summed E-state index contributed by atoms with van der Waals surface area (Å²) in [7, 11) is 2.16. The molecule has 0 saturated carbocycles. The molecule has 1 aliphatic heterocycles. The van der Waals surface area contributed by atoms with Crippen molar-refractivity contribution in [1.29, 1.82) is 0 Å². The van der Waals surface area contributed by atoms with Gasteiger partial charge in [-0.15, -0.1) is 0 Å². The molecule has 45 heavy (non-hydrogen) atoms. The van der Waals surface area contributed by atoms with Crippen molar-refractivity contribution in [3.8, 4) is 0 Å². The third kappa shape index (κ3) is 8.86. The van der Waals surface area contributed by atoms with Gasteiger partial charge in [0.05, 0.1) is 21.1 Å². The van der Waals surface area contributed by atoms with Gasteiger partial charge in [-0.1, -0.05) is 63.0 Å². The number of piperidine rings is 1. The van der Waals surface area contributed by atoms with Gasteiger partial charge >= 0.3 is 5.97 Å². The Morgan fingerprint density at radius 3 is 2.36 bits per heavy atom. The molecule has 1 amide bonds. The number of nitrogens with one attached hydrogen (secondary N) is 1. The summed E-state index contributed by atoms with van der Waals surface area (Å²) < 4.78 is 8.47. The number of aromatic nitrogens is 1. The molecule has 1 N–H and O–H groups in total. The van der Waals surface area contributed by atoms with Gasteiger partial charge in [-0.25, -0.2) is 4.79 Å². The molecule has 1 fully saturated rings. The molecule has 2 heterocycles. The van der Waals surface area contributed by atoms with E-state index in [0.29, 0.717) is 40.3 Å². The van der Waals surface area contributed by atoms with Gasteiger partial charge in [0.15, 0.2) is 0 Å². The van der Waals surface area contributed by atoms with E-state index in [9.17, 15) is 9.59 Å². The quantitative estimate of drug-likeness (QED) is 0.174. The first-order valence-electron chi connectivity index (χ1n) is 15.1. The number of likely N-dealkylation sites (tertiary alicyclic amines) is 1. The lowest BCUT2D eigenvalue weighted by molar-refractivity contribution is 0.00694. The van der Waals surface area contributed by atoms with Crippen LogP contribution in [-0.2, 0) is 11.3 Å². The molecule has 0 aliphatic carbocycles. The van der Waals surface area contributed by atoms with E-state index in [2.05, 4.69) is 45.3 Å². The molecule has 0 atom stereocenters. The second-order valence-electron chi connectivity index (χ2n) is 12.6. The van der Waals surface area contributed by atoms with E-state index in [1.165, 1.54) is 0 Å². The van der Waals surface area contributed by atoms with Crippen LogP contribution in [0.3, 0.4) is 0 Å². The average Bonchev–Trinajstić information content (AvgIpc) is 3.34. The minimum Gasteiger partial charge on any atom is -0.456 e. The monoisotopic (exact) mass is 729 g/mol. The van der Waals surface area contributed by atoms with E-state index in [0.717, 1.165) is 63.1 Å². The second-order valence-corrected chi connectivity index (χ2v) is 15.4. The molecule has 6 nitrogen and oxygen atoms in total. The van der Waals surface area contributed by atoms with Crippen LogP contribution in [0.4, 0.5) is 0 Å². The fourth-order valence-electron chi connectivity index (χ4n) is 5.48. The van der Waals surface area contributed by atoms with Crippen molar-refractivity contribution in [2.75, 3.05) is 26.7 Å². The second kappa shape index (κ2) is 14.5. The van der Waals surface area contributed by atoms with Gasteiger partial charge in [0.2, 0.25) is 0 Å². The lowest BCUT2D eigenvalue weighted by atomic mass is 9.94. The van der Waals surface area contributed by atoms with Crippen LogP contribution in [0.1, 0.15) is 66.4 Å². The number of hydrogen-bond acceptors (Lipinski definition) is 5. The molecule has 0 radical (unpaired) electrons. The van der Waals surface area contributed by atoms with Crippen molar-refractivity contribution < 1.29 is 14.3 Å². The zero-order valence-corrected chi connectivity index (χ0v) is 29.9. The summed E-state index contributed by atoms with van der Waals surface area (Å²) in [4.78, 5) is 30.6. The lowest BCUT2D eigenvalue weighted by Gasteiger charge is -2.28. The fourth-order valence-corrected chi connectivity index (χ4v) is 7.49. The number of fused-ring (bicyclic) bond motifs is 1. The SMILES string of the molecule is CN1CCC(CCNC(=O)c2cc3c(Br)cc(Sc4ccc(Cl)c(Cl)c4)cc3n2Cc2ccc(C(=O)OC(C)(C)C)cc2)CC1. The van der Waals surface area contributed by atoms with Crippen LogP contribution in [0.15, 0.2) is 74.9 Å².